The van der Waals surface area contributed by atoms with Crippen LogP contribution in [0.2, 0.25) is 0 Å². The average Bonchev–Trinajstić information content (AvgIpc) is 3.11. The number of unbranched alkanes of at least 4 members (excludes halogenated alkanes) is 7. The van der Waals surface area contributed by atoms with Crippen molar-refractivity contribution >= 4 is 23.5 Å². The highest BCUT2D eigenvalue weighted by Crippen LogP contribution is 2.49. The van der Waals surface area contributed by atoms with Crippen molar-refractivity contribution in [1.82, 2.24) is 9.55 Å². The molecule has 0 aromatic carbocycles. The van der Waals surface area contributed by atoms with Crippen molar-refractivity contribution in [1.29, 1.82) is 0 Å². The molecule has 1 fully saturated rings. The summed E-state index contributed by atoms with van der Waals surface area (Å²) in [4.78, 5) is 4.24. The van der Waals surface area contributed by atoms with E-state index in [1.807, 2.05) is 12.5 Å². The third kappa shape index (κ3) is 7.03. The highest BCUT2D eigenvalue weighted by atomic mass is 32.2. The second-order valence-corrected chi connectivity index (χ2v) is 10.3. The maximum atomic E-state index is 4.24. The lowest BCUT2D eigenvalue weighted by Crippen LogP contribution is -2.33. The van der Waals surface area contributed by atoms with Crippen LogP contribution in [0.25, 0.3) is 0 Å². The molecule has 138 valence electrons. The van der Waals surface area contributed by atoms with Crippen molar-refractivity contribution in [2.24, 2.45) is 5.92 Å². The van der Waals surface area contributed by atoms with Gasteiger partial charge in [0.15, 0.2) is 0 Å². The van der Waals surface area contributed by atoms with Gasteiger partial charge in [-0.1, -0.05) is 71.6 Å². The van der Waals surface area contributed by atoms with Crippen LogP contribution < -0.4 is 0 Å². The molecular weight excluding hydrogens is 332 g/mol. The average molecular weight is 369 g/mol. The van der Waals surface area contributed by atoms with E-state index in [0.717, 1.165) is 12.5 Å². The first-order valence-electron chi connectivity index (χ1n) is 10.0. The Labute approximate surface area is 158 Å². The van der Waals surface area contributed by atoms with Crippen LogP contribution in [0.3, 0.4) is 0 Å². The number of hydrogen-bond donors (Lipinski definition) is 0. The van der Waals surface area contributed by atoms with E-state index in [1.165, 1.54) is 75.7 Å². The SMILES string of the molecule is CCCCCCCCCCC1(Cn2ccnc2)SCC(CC)CS1. The molecule has 1 aliphatic rings. The van der Waals surface area contributed by atoms with Gasteiger partial charge in [-0.3, -0.25) is 0 Å². The minimum absolute atomic E-state index is 0.384. The quantitative estimate of drug-likeness (QED) is 0.386. The predicted molar refractivity (Wildman–Crippen MR) is 111 cm³/mol. The van der Waals surface area contributed by atoms with Gasteiger partial charge < -0.3 is 4.57 Å². The summed E-state index contributed by atoms with van der Waals surface area (Å²) in [5, 5.41) is 0. The molecule has 1 aromatic heterocycles. The summed E-state index contributed by atoms with van der Waals surface area (Å²) in [5.74, 6) is 3.60. The molecule has 24 heavy (non-hydrogen) atoms. The summed E-state index contributed by atoms with van der Waals surface area (Å²) in [7, 11) is 0. The van der Waals surface area contributed by atoms with Gasteiger partial charge in [0.1, 0.15) is 0 Å². The Morgan fingerprint density at radius 2 is 1.67 bits per heavy atom. The number of aromatic nitrogens is 2. The first-order chi connectivity index (χ1) is 11.8. The zero-order chi connectivity index (χ0) is 17.1. The van der Waals surface area contributed by atoms with Gasteiger partial charge in [-0.25, -0.2) is 4.98 Å². The molecule has 2 nitrogen and oxygen atoms in total. The molecule has 2 rings (SSSR count). The Hall–Kier alpha value is -0.0900. The van der Waals surface area contributed by atoms with E-state index >= 15 is 0 Å². The molecule has 0 aliphatic carbocycles. The van der Waals surface area contributed by atoms with Gasteiger partial charge in [-0.2, -0.15) is 0 Å². The van der Waals surface area contributed by atoms with Crippen LogP contribution in [0.1, 0.15) is 78.1 Å². The fraction of sp³-hybridized carbons (Fsp3) is 0.850. The van der Waals surface area contributed by atoms with Crippen LogP contribution in [-0.4, -0.2) is 25.1 Å². The largest absolute Gasteiger partial charge is 0.335 e. The Morgan fingerprint density at radius 1 is 1.00 bits per heavy atom. The van der Waals surface area contributed by atoms with Crippen LogP contribution in [-0.2, 0) is 6.54 Å². The Balaban J connectivity index is 1.73. The van der Waals surface area contributed by atoms with E-state index in [0.29, 0.717) is 4.08 Å². The van der Waals surface area contributed by atoms with Crippen LogP contribution in [0, 0.1) is 5.92 Å². The molecule has 0 saturated carbocycles. The van der Waals surface area contributed by atoms with Crippen molar-refractivity contribution in [3.63, 3.8) is 0 Å². The molecular formula is C20H36N2S2. The molecule has 2 heterocycles. The highest BCUT2D eigenvalue weighted by molar-refractivity contribution is 8.18. The second-order valence-electron chi connectivity index (χ2n) is 7.27. The molecule has 0 atom stereocenters. The van der Waals surface area contributed by atoms with Gasteiger partial charge in [-0.05, 0) is 23.8 Å². The van der Waals surface area contributed by atoms with E-state index < -0.39 is 0 Å². The van der Waals surface area contributed by atoms with Crippen LogP contribution in [0.5, 0.6) is 0 Å². The van der Waals surface area contributed by atoms with Gasteiger partial charge >= 0.3 is 0 Å². The van der Waals surface area contributed by atoms with Crippen molar-refractivity contribution in [3.05, 3.63) is 18.7 Å². The smallest absolute Gasteiger partial charge is 0.0946 e. The van der Waals surface area contributed by atoms with E-state index in [9.17, 15) is 0 Å². The van der Waals surface area contributed by atoms with Crippen molar-refractivity contribution in [3.8, 4) is 0 Å². The summed E-state index contributed by atoms with van der Waals surface area (Å²) < 4.78 is 2.67. The minimum atomic E-state index is 0.384. The Morgan fingerprint density at radius 3 is 2.25 bits per heavy atom. The predicted octanol–water partition coefficient (Wildman–Crippen LogP) is 6.62. The summed E-state index contributed by atoms with van der Waals surface area (Å²) >= 11 is 4.46. The normalized spacial score (nSPS) is 24.3. The van der Waals surface area contributed by atoms with Crippen LogP contribution in [0.15, 0.2) is 18.7 Å². The lowest BCUT2D eigenvalue weighted by atomic mass is 10.1. The lowest BCUT2D eigenvalue weighted by molar-refractivity contribution is 0.517. The van der Waals surface area contributed by atoms with Gasteiger partial charge in [-0.15, -0.1) is 23.5 Å². The molecule has 0 unspecified atom stereocenters. The molecule has 4 heteroatoms. The van der Waals surface area contributed by atoms with Gasteiger partial charge in [0.25, 0.3) is 0 Å². The third-order valence-corrected chi connectivity index (χ3v) is 8.84. The zero-order valence-electron chi connectivity index (χ0n) is 15.7. The van der Waals surface area contributed by atoms with Crippen molar-refractivity contribution in [2.75, 3.05) is 11.5 Å². The van der Waals surface area contributed by atoms with E-state index in [4.69, 9.17) is 0 Å². The third-order valence-electron chi connectivity index (χ3n) is 5.14. The molecule has 1 saturated heterocycles. The minimum Gasteiger partial charge on any atom is -0.335 e. The topological polar surface area (TPSA) is 17.8 Å². The van der Waals surface area contributed by atoms with Gasteiger partial charge in [0, 0.05) is 18.9 Å². The Bertz CT molecular complexity index is 411. The second kappa shape index (κ2) is 11.5. The fourth-order valence-electron chi connectivity index (χ4n) is 3.37. The molecule has 1 aromatic rings. The van der Waals surface area contributed by atoms with Crippen molar-refractivity contribution in [2.45, 2.75) is 88.7 Å². The first-order valence-corrected chi connectivity index (χ1v) is 12.0. The lowest BCUT2D eigenvalue weighted by Gasteiger charge is -2.39. The summed E-state index contributed by atoms with van der Waals surface area (Å²) in [6.45, 7) is 5.75. The van der Waals surface area contributed by atoms with Crippen LogP contribution in [0.4, 0.5) is 0 Å². The highest BCUT2D eigenvalue weighted by Gasteiger charge is 2.36. The molecule has 0 N–H and O–H groups in total. The number of imidazole rings is 1. The zero-order valence-corrected chi connectivity index (χ0v) is 17.3. The fourth-order valence-corrected chi connectivity index (χ4v) is 7.10. The van der Waals surface area contributed by atoms with E-state index in [1.54, 1.807) is 0 Å². The molecule has 0 spiro atoms. The maximum absolute atomic E-state index is 4.24. The summed E-state index contributed by atoms with van der Waals surface area (Å²) in [6, 6.07) is 0. The number of hydrogen-bond acceptors (Lipinski definition) is 3. The molecule has 0 amide bonds. The monoisotopic (exact) mass is 368 g/mol. The van der Waals surface area contributed by atoms with E-state index in [2.05, 4.69) is 53.1 Å². The van der Waals surface area contributed by atoms with Crippen molar-refractivity contribution < 1.29 is 0 Å². The number of rotatable bonds is 12. The number of thioether (sulfide) groups is 2. The first kappa shape index (κ1) is 20.2. The molecule has 1 aliphatic heterocycles. The summed E-state index contributed by atoms with van der Waals surface area (Å²) in [6.07, 6.45) is 20.0. The van der Waals surface area contributed by atoms with Gasteiger partial charge in [0.05, 0.1) is 10.4 Å². The van der Waals surface area contributed by atoms with Crippen LogP contribution >= 0.6 is 23.5 Å². The van der Waals surface area contributed by atoms with E-state index in [-0.39, 0.29) is 0 Å². The maximum Gasteiger partial charge on any atom is 0.0946 e. The standard InChI is InChI=1S/C20H36N2S2/c1-3-5-6-7-8-9-10-11-12-20(17-22-14-13-21-18-22)23-15-19(4-2)16-24-20/h13-14,18-19H,3-12,15-17H2,1-2H3. The molecule has 0 bridgehead atoms. The molecule has 0 radical (unpaired) electrons. The van der Waals surface area contributed by atoms with Gasteiger partial charge in [0.2, 0.25) is 0 Å². The summed E-state index contributed by atoms with van der Waals surface area (Å²) in [5.41, 5.74) is 0. The Kier molecular flexibility index (Phi) is 9.70. The number of nitrogens with zero attached hydrogens (tertiary/aromatic N) is 2.